The minimum absolute atomic E-state index is 0.782. The van der Waals surface area contributed by atoms with Crippen LogP contribution in [-0.2, 0) is 0 Å². The van der Waals surface area contributed by atoms with Crippen molar-refractivity contribution in [3.63, 3.8) is 0 Å². The van der Waals surface area contributed by atoms with Gasteiger partial charge in [-0.3, -0.25) is 14.5 Å². The summed E-state index contributed by atoms with van der Waals surface area (Å²) in [7, 11) is 0. The molecule has 0 atom stereocenters. The summed E-state index contributed by atoms with van der Waals surface area (Å²) in [6.45, 7) is 0. The molecule has 11 aromatic rings. The Bertz CT molecular complexity index is 3200. The van der Waals surface area contributed by atoms with Crippen molar-refractivity contribution in [1.82, 2.24) is 29.1 Å². The Balaban J connectivity index is 1.02. The Labute approximate surface area is 322 Å². The maximum absolute atomic E-state index is 5.34. The molecule has 6 nitrogen and oxygen atoms in total. The van der Waals surface area contributed by atoms with Crippen LogP contribution in [0.5, 0.6) is 0 Å². The first-order chi connectivity index (χ1) is 27.8. The molecule has 56 heavy (non-hydrogen) atoms. The molecule has 0 saturated carbocycles. The van der Waals surface area contributed by atoms with Crippen LogP contribution in [0.15, 0.2) is 194 Å². The molecule has 0 spiro atoms. The first-order valence-corrected chi connectivity index (χ1v) is 18.7. The number of hydrogen-bond donors (Lipinski definition) is 0. The van der Waals surface area contributed by atoms with Crippen molar-refractivity contribution in [2.24, 2.45) is 0 Å². The minimum Gasteiger partial charge on any atom is -0.307 e. The summed E-state index contributed by atoms with van der Waals surface area (Å²) < 4.78 is 4.56. The van der Waals surface area contributed by atoms with Gasteiger partial charge in [0.25, 0.3) is 0 Å². The number of imidazole rings is 1. The van der Waals surface area contributed by atoms with Crippen molar-refractivity contribution < 1.29 is 0 Å². The van der Waals surface area contributed by atoms with Crippen LogP contribution in [-0.4, -0.2) is 29.1 Å². The molecular weight excluding hydrogens is 685 g/mol. The smallest absolute Gasteiger partial charge is 0.145 e. The molecule has 0 aliphatic heterocycles. The van der Waals surface area contributed by atoms with E-state index in [0.717, 1.165) is 89.5 Å². The molecule has 0 amide bonds. The quantitative estimate of drug-likeness (QED) is 0.172. The lowest BCUT2D eigenvalue weighted by atomic mass is 10.0. The van der Waals surface area contributed by atoms with Gasteiger partial charge in [-0.1, -0.05) is 133 Å². The number of rotatable bonds is 6. The van der Waals surface area contributed by atoms with E-state index in [9.17, 15) is 0 Å². The largest absolute Gasteiger partial charge is 0.307 e. The molecule has 5 aromatic heterocycles. The topological polar surface area (TPSA) is 61.4 Å². The van der Waals surface area contributed by atoms with Crippen molar-refractivity contribution in [1.29, 1.82) is 0 Å². The second-order valence-corrected chi connectivity index (χ2v) is 13.9. The van der Waals surface area contributed by atoms with Gasteiger partial charge in [0.2, 0.25) is 0 Å². The third kappa shape index (κ3) is 5.11. The minimum atomic E-state index is 0.782. The van der Waals surface area contributed by atoms with Crippen LogP contribution in [0.3, 0.4) is 0 Å². The van der Waals surface area contributed by atoms with Crippen molar-refractivity contribution in [2.75, 3.05) is 0 Å². The molecule has 0 aliphatic rings. The lowest BCUT2D eigenvalue weighted by molar-refractivity contribution is 1.10. The summed E-state index contributed by atoms with van der Waals surface area (Å²) in [4.78, 5) is 20.2. The molecule has 0 N–H and O–H groups in total. The maximum Gasteiger partial charge on any atom is 0.145 e. The van der Waals surface area contributed by atoms with Crippen molar-refractivity contribution in [3.8, 4) is 56.4 Å². The molecule has 6 aromatic carbocycles. The highest BCUT2D eigenvalue weighted by atomic mass is 15.1. The summed E-state index contributed by atoms with van der Waals surface area (Å²) in [5.41, 5.74) is 14.9. The van der Waals surface area contributed by atoms with Gasteiger partial charge in [0.15, 0.2) is 0 Å². The zero-order chi connectivity index (χ0) is 37.0. The van der Waals surface area contributed by atoms with Gasteiger partial charge in [0.05, 0.1) is 27.9 Å². The summed E-state index contributed by atoms with van der Waals surface area (Å²) >= 11 is 0. The zero-order valence-electron chi connectivity index (χ0n) is 30.2. The number of para-hydroxylation sites is 3. The van der Waals surface area contributed by atoms with E-state index in [1.54, 1.807) is 0 Å². The first-order valence-electron chi connectivity index (χ1n) is 18.7. The molecule has 11 rings (SSSR count). The second kappa shape index (κ2) is 13.0. The number of aromatic nitrogens is 6. The Morgan fingerprint density at radius 3 is 1.64 bits per heavy atom. The molecule has 262 valence electrons. The SMILES string of the molecule is c1ccc(-c2nc3cccnc3c3nc(-c4ccc(-c5ccc(-c6nccc7c8ccccc8n(-c8ccccc8)c67)cc5)cc4)n(-c4ccccc4)c23)cc1. The number of fused-ring (bicyclic) bond motifs is 6. The Morgan fingerprint density at radius 2 is 0.929 bits per heavy atom. The van der Waals surface area contributed by atoms with Gasteiger partial charge >= 0.3 is 0 Å². The highest BCUT2D eigenvalue weighted by molar-refractivity contribution is 6.13. The monoisotopic (exact) mass is 716 g/mol. The van der Waals surface area contributed by atoms with Gasteiger partial charge in [-0.2, -0.15) is 0 Å². The number of benzene rings is 6. The van der Waals surface area contributed by atoms with E-state index in [1.165, 1.54) is 10.8 Å². The van der Waals surface area contributed by atoms with Crippen LogP contribution >= 0.6 is 0 Å². The lowest BCUT2D eigenvalue weighted by Crippen LogP contribution is -2.00. The first kappa shape index (κ1) is 31.8. The van der Waals surface area contributed by atoms with Crippen LogP contribution in [0.4, 0.5) is 0 Å². The normalized spacial score (nSPS) is 11.6. The molecule has 0 aliphatic carbocycles. The van der Waals surface area contributed by atoms with E-state index in [4.69, 9.17) is 19.9 Å². The number of hydrogen-bond acceptors (Lipinski definition) is 4. The van der Waals surface area contributed by atoms with Gasteiger partial charge < -0.3 is 4.57 Å². The average Bonchev–Trinajstić information content (AvgIpc) is 3.85. The van der Waals surface area contributed by atoms with E-state index in [2.05, 4.69) is 155 Å². The number of pyridine rings is 3. The molecule has 5 heterocycles. The van der Waals surface area contributed by atoms with Crippen LogP contribution in [0.25, 0.3) is 100 Å². The standard InChI is InChI=1S/C50H32N6/c1-4-13-35(14-5-1)45-49-47(46-42(53-45)20-12-31-51-46)54-50(56(49)39-17-8-3-9-18-39)37-28-24-34(25-29-37)33-22-26-36(27-23-33)44-48-41(30-32-52-44)40-19-10-11-21-43(40)55(48)38-15-6-2-7-16-38/h1-32H. The van der Waals surface area contributed by atoms with E-state index < -0.39 is 0 Å². The van der Waals surface area contributed by atoms with E-state index >= 15 is 0 Å². The van der Waals surface area contributed by atoms with Crippen molar-refractivity contribution in [3.05, 3.63) is 194 Å². The van der Waals surface area contributed by atoms with Crippen LogP contribution in [0.1, 0.15) is 0 Å². The lowest BCUT2D eigenvalue weighted by Gasteiger charge is -2.13. The van der Waals surface area contributed by atoms with Gasteiger partial charge in [0, 0.05) is 51.2 Å². The summed E-state index contributed by atoms with van der Waals surface area (Å²) in [5, 5.41) is 2.40. The average molecular weight is 717 g/mol. The zero-order valence-corrected chi connectivity index (χ0v) is 30.2. The van der Waals surface area contributed by atoms with Gasteiger partial charge in [-0.05, 0) is 59.7 Å². The Morgan fingerprint density at radius 1 is 0.339 bits per heavy atom. The van der Waals surface area contributed by atoms with Gasteiger partial charge in [-0.25, -0.2) is 9.97 Å². The molecule has 0 unspecified atom stereocenters. The highest BCUT2D eigenvalue weighted by Gasteiger charge is 2.23. The highest BCUT2D eigenvalue weighted by Crippen LogP contribution is 2.39. The third-order valence-corrected chi connectivity index (χ3v) is 10.6. The molecule has 6 heteroatoms. The van der Waals surface area contributed by atoms with Gasteiger partial charge in [0.1, 0.15) is 22.4 Å². The molecule has 0 bridgehead atoms. The fourth-order valence-corrected chi connectivity index (χ4v) is 8.07. The van der Waals surface area contributed by atoms with Crippen molar-refractivity contribution >= 4 is 43.9 Å². The van der Waals surface area contributed by atoms with E-state index in [-0.39, 0.29) is 0 Å². The summed E-state index contributed by atoms with van der Waals surface area (Å²) in [6, 6.07) is 63.3. The van der Waals surface area contributed by atoms with Crippen LogP contribution in [0.2, 0.25) is 0 Å². The van der Waals surface area contributed by atoms with E-state index in [1.807, 2.05) is 48.8 Å². The molecule has 0 fully saturated rings. The second-order valence-electron chi connectivity index (χ2n) is 13.9. The van der Waals surface area contributed by atoms with Crippen LogP contribution < -0.4 is 0 Å². The Hall–Kier alpha value is -7.70. The van der Waals surface area contributed by atoms with Crippen LogP contribution in [0, 0.1) is 0 Å². The Kier molecular flexibility index (Phi) is 7.38. The predicted octanol–water partition coefficient (Wildman–Crippen LogP) is 12.1. The number of nitrogens with zero attached hydrogens (tertiary/aromatic N) is 6. The fraction of sp³-hybridized carbons (Fsp3) is 0. The van der Waals surface area contributed by atoms with Crippen molar-refractivity contribution in [2.45, 2.75) is 0 Å². The maximum atomic E-state index is 5.34. The fourth-order valence-electron chi connectivity index (χ4n) is 8.07. The molecular formula is C50H32N6. The molecule has 0 radical (unpaired) electrons. The predicted molar refractivity (Wildman–Crippen MR) is 228 cm³/mol. The summed E-state index contributed by atoms with van der Waals surface area (Å²) in [5.74, 6) is 0.832. The summed E-state index contributed by atoms with van der Waals surface area (Å²) in [6.07, 6.45) is 3.74. The van der Waals surface area contributed by atoms with Gasteiger partial charge in [-0.15, -0.1) is 0 Å². The third-order valence-electron chi connectivity index (χ3n) is 10.6. The molecule has 0 saturated heterocycles. The van der Waals surface area contributed by atoms with E-state index in [0.29, 0.717) is 0 Å².